The summed E-state index contributed by atoms with van der Waals surface area (Å²) in [5, 5.41) is 21.7. The Kier molecular flexibility index (Phi) is 5.15. The highest BCUT2D eigenvalue weighted by Gasteiger charge is 2.38. The SMILES string of the molecule is CC1(C)c2ccccc2-c2ccc3c(oc4ccc(-c5cc(C#N)ccc5C5c6ccccc6-c6cc(C#N)ccc65)cc43)c21. The first kappa shape index (κ1) is 25.6. The standard InChI is InChI=1S/C42H26N2O/c1-42(2)37-10-6-5-8-28(37)32-16-17-33-36-21-26(13-18-38(36)45-41(33)40(32)42)34-19-24(22-43)11-14-30(34)39-29-9-4-3-7-27(29)35-20-25(23-44)12-15-31(35)39/h3-21,39H,1-2H3. The Balaban J connectivity index is 1.27. The van der Waals surface area contributed by atoms with E-state index in [-0.39, 0.29) is 11.3 Å². The first-order valence-corrected chi connectivity index (χ1v) is 15.3. The Labute approximate surface area is 261 Å². The van der Waals surface area contributed by atoms with Gasteiger partial charge in [0.05, 0.1) is 23.3 Å². The minimum absolute atomic E-state index is 0.0222. The number of nitriles is 2. The molecule has 0 saturated carbocycles. The molecule has 7 aromatic rings. The fourth-order valence-corrected chi connectivity index (χ4v) is 7.99. The van der Waals surface area contributed by atoms with Crippen LogP contribution in [0.25, 0.3) is 55.3 Å². The van der Waals surface area contributed by atoms with E-state index in [4.69, 9.17) is 4.42 Å². The molecule has 0 radical (unpaired) electrons. The maximum atomic E-state index is 9.94. The molecule has 0 aliphatic heterocycles. The largest absolute Gasteiger partial charge is 0.456 e. The number of furan rings is 1. The lowest BCUT2D eigenvalue weighted by Gasteiger charge is -2.21. The van der Waals surface area contributed by atoms with Crippen LogP contribution in [0.3, 0.4) is 0 Å². The van der Waals surface area contributed by atoms with E-state index in [1.165, 1.54) is 33.4 Å². The van der Waals surface area contributed by atoms with Gasteiger partial charge in [0, 0.05) is 27.7 Å². The lowest BCUT2D eigenvalue weighted by molar-refractivity contribution is 0.620. The summed E-state index contributed by atoms with van der Waals surface area (Å²) in [6, 6.07) is 44.7. The third-order valence-corrected chi connectivity index (χ3v) is 10.0. The molecule has 0 amide bonds. The van der Waals surface area contributed by atoms with E-state index in [0.29, 0.717) is 11.1 Å². The van der Waals surface area contributed by atoms with Crippen molar-refractivity contribution in [3.8, 4) is 45.5 Å². The van der Waals surface area contributed by atoms with Crippen molar-refractivity contribution in [1.82, 2.24) is 0 Å². The van der Waals surface area contributed by atoms with Crippen molar-refractivity contribution < 1.29 is 4.42 Å². The zero-order chi connectivity index (χ0) is 30.4. The molecule has 1 heterocycles. The van der Waals surface area contributed by atoms with Gasteiger partial charge < -0.3 is 4.42 Å². The van der Waals surface area contributed by atoms with Crippen molar-refractivity contribution in [1.29, 1.82) is 10.5 Å². The molecule has 210 valence electrons. The summed E-state index contributed by atoms with van der Waals surface area (Å²) in [6.45, 7) is 4.57. The third kappa shape index (κ3) is 3.44. The van der Waals surface area contributed by atoms with Crippen molar-refractivity contribution >= 4 is 21.9 Å². The van der Waals surface area contributed by atoms with Crippen LogP contribution in [-0.4, -0.2) is 0 Å². The van der Waals surface area contributed by atoms with Gasteiger partial charge in [-0.1, -0.05) is 86.6 Å². The van der Waals surface area contributed by atoms with E-state index in [1.807, 2.05) is 24.3 Å². The Hall–Kier alpha value is -5.90. The Morgan fingerprint density at radius 1 is 0.578 bits per heavy atom. The zero-order valence-electron chi connectivity index (χ0n) is 24.8. The summed E-state index contributed by atoms with van der Waals surface area (Å²) < 4.78 is 6.66. The first-order valence-electron chi connectivity index (χ1n) is 15.3. The molecule has 0 bridgehead atoms. The fourth-order valence-electron chi connectivity index (χ4n) is 7.99. The number of hydrogen-bond donors (Lipinski definition) is 0. The van der Waals surface area contributed by atoms with Crippen LogP contribution in [0.2, 0.25) is 0 Å². The van der Waals surface area contributed by atoms with E-state index in [0.717, 1.165) is 49.8 Å². The van der Waals surface area contributed by atoms with Crippen molar-refractivity contribution in [2.45, 2.75) is 25.2 Å². The number of rotatable bonds is 2. The van der Waals surface area contributed by atoms with Crippen molar-refractivity contribution in [3.63, 3.8) is 0 Å². The predicted octanol–water partition coefficient (Wildman–Crippen LogP) is 10.5. The van der Waals surface area contributed by atoms with Gasteiger partial charge in [0.25, 0.3) is 0 Å². The second-order valence-electron chi connectivity index (χ2n) is 12.7. The van der Waals surface area contributed by atoms with Crippen LogP contribution in [0, 0.1) is 22.7 Å². The highest BCUT2D eigenvalue weighted by molar-refractivity contribution is 6.10. The quantitative estimate of drug-likeness (QED) is 0.206. The van der Waals surface area contributed by atoms with E-state index < -0.39 is 0 Å². The molecule has 0 N–H and O–H groups in total. The van der Waals surface area contributed by atoms with E-state index >= 15 is 0 Å². The van der Waals surface area contributed by atoms with E-state index in [2.05, 4.69) is 117 Å². The molecule has 0 spiro atoms. The third-order valence-electron chi connectivity index (χ3n) is 10.0. The van der Waals surface area contributed by atoms with Crippen LogP contribution in [0.15, 0.2) is 120 Å². The minimum Gasteiger partial charge on any atom is -0.456 e. The molecule has 2 aliphatic carbocycles. The van der Waals surface area contributed by atoms with Crippen LogP contribution in [-0.2, 0) is 5.41 Å². The molecule has 9 rings (SSSR count). The van der Waals surface area contributed by atoms with Gasteiger partial charge in [-0.2, -0.15) is 10.5 Å². The van der Waals surface area contributed by atoms with Gasteiger partial charge in [-0.25, -0.2) is 0 Å². The van der Waals surface area contributed by atoms with Gasteiger partial charge >= 0.3 is 0 Å². The van der Waals surface area contributed by atoms with Crippen molar-refractivity contribution in [2.75, 3.05) is 0 Å². The Bertz CT molecular complexity index is 2500. The van der Waals surface area contributed by atoms with Gasteiger partial charge in [0.1, 0.15) is 11.2 Å². The summed E-state index contributed by atoms with van der Waals surface area (Å²) in [4.78, 5) is 0. The number of fused-ring (bicyclic) bond motifs is 10. The zero-order valence-corrected chi connectivity index (χ0v) is 24.8. The number of hydrogen-bond acceptors (Lipinski definition) is 3. The van der Waals surface area contributed by atoms with Crippen LogP contribution < -0.4 is 0 Å². The predicted molar refractivity (Wildman–Crippen MR) is 179 cm³/mol. The topological polar surface area (TPSA) is 60.7 Å². The smallest absolute Gasteiger partial charge is 0.140 e. The van der Waals surface area contributed by atoms with Crippen LogP contribution in [0.4, 0.5) is 0 Å². The minimum atomic E-state index is -0.175. The lowest BCUT2D eigenvalue weighted by atomic mass is 9.81. The molecule has 2 aliphatic rings. The molecule has 3 heteroatoms. The van der Waals surface area contributed by atoms with Crippen LogP contribution in [0.1, 0.15) is 58.7 Å². The number of benzene rings is 6. The molecule has 0 fully saturated rings. The highest BCUT2D eigenvalue weighted by Crippen LogP contribution is 2.53. The first-order chi connectivity index (χ1) is 22.0. The van der Waals surface area contributed by atoms with Crippen LogP contribution >= 0.6 is 0 Å². The summed E-state index contributed by atoms with van der Waals surface area (Å²) >= 11 is 0. The normalized spacial score (nSPS) is 15.2. The second-order valence-corrected chi connectivity index (χ2v) is 12.7. The summed E-state index contributed by atoms with van der Waals surface area (Å²) in [7, 11) is 0. The van der Waals surface area contributed by atoms with Gasteiger partial charge in [0.15, 0.2) is 0 Å². The molecule has 0 saturated heterocycles. The van der Waals surface area contributed by atoms with E-state index in [1.54, 1.807) is 0 Å². The van der Waals surface area contributed by atoms with Crippen LogP contribution in [0.5, 0.6) is 0 Å². The average molecular weight is 575 g/mol. The fraction of sp³-hybridized carbons (Fsp3) is 0.0952. The molecular formula is C42H26N2O. The summed E-state index contributed by atoms with van der Waals surface area (Å²) in [6.07, 6.45) is 0. The van der Waals surface area contributed by atoms with Crippen molar-refractivity contribution in [3.05, 3.63) is 154 Å². The molecular weight excluding hydrogens is 548 g/mol. The average Bonchev–Trinajstić information content (AvgIpc) is 3.69. The van der Waals surface area contributed by atoms with Gasteiger partial charge in [0.2, 0.25) is 0 Å². The molecule has 1 atom stereocenters. The van der Waals surface area contributed by atoms with E-state index in [9.17, 15) is 10.5 Å². The summed E-state index contributed by atoms with van der Waals surface area (Å²) in [5.74, 6) is -0.0222. The summed E-state index contributed by atoms with van der Waals surface area (Å²) in [5.41, 5.74) is 15.8. The number of nitrogens with zero attached hydrogens (tertiary/aromatic N) is 2. The Morgan fingerprint density at radius 2 is 1.24 bits per heavy atom. The van der Waals surface area contributed by atoms with Gasteiger partial charge in [-0.3, -0.25) is 0 Å². The molecule has 6 aromatic carbocycles. The van der Waals surface area contributed by atoms with Gasteiger partial charge in [-0.05, 0) is 98.1 Å². The maximum Gasteiger partial charge on any atom is 0.140 e. The molecule has 45 heavy (non-hydrogen) atoms. The second kappa shape index (κ2) is 9.06. The monoisotopic (exact) mass is 574 g/mol. The lowest BCUT2D eigenvalue weighted by Crippen LogP contribution is -2.15. The van der Waals surface area contributed by atoms with Gasteiger partial charge in [-0.15, -0.1) is 0 Å². The molecule has 1 aromatic heterocycles. The maximum absolute atomic E-state index is 9.94. The van der Waals surface area contributed by atoms with Crippen molar-refractivity contribution in [2.24, 2.45) is 0 Å². The Morgan fingerprint density at radius 3 is 2.02 bits per heavy atom. The molecule has 1 unspecified atom stereocenters. The molecule has 3 nitrogen and oxygen atoms in total. The highest BCUT2D eigenvalue weighted by atomic mass is 16.3.